The molecule has 9 nitrogen and oxygen atoms in total. The molecule has 0 aromatic carbocycles. The molecule has 0 saturated carbocycles. The van der Waals surface area contributed by atoms with Crippen LogP contribution in [0.1, 0.15) is 55.0 Å². The van der Waals surface area contributed by atoms with Gasteiger partial charge in [0.1, 0.15) is 11.5 Å². The Kier molecular flexibility index (Phi) is 4.80. The summed E-state index contributed by atoms with van der Waals surface area (Å²) in [6.07, 6.45) is 1.69. The number of aryl methyl sites for hydroxylation is 2. The Morgan fingerprint density at radius 1 is 1.15 bits per heavy atom. The fraction of sp³-hybridized carbons (Fsp3) is 0.588. The largest absolute Gasteiger partial charge is 0.345 e. The minimum Gasteiger partial charge on any atom is -0.337 e. The van der Waals surface area contributed by atoms with E-state index in [4.69, 9.17) is 0 Å². The van der Waals surface area contributed by atoms with Gasteiger partial charge in [-0.25, -0.2) is 14.2 Å². The molecule has 0 bridgehead atoms. The maximum Gasteiger partial charge on any atom is 0.345 e. The van der Waals surface area contributed by atoms with Crippen LogP contribution in [-0.4, -0.2) is 48.0 Å². The third kappa shape index (κ3) is 3.21. The van der Waals surface area contributed by atoms with Crippen molar-refractivity contribution in [3.63, 3.8) is 0 Å². The lowest BCUT2D eigenvalue weighted by molar-refractivity contribution is 0.0694. The summed E-state index contributed by atoms with van der Waals surface area (Å²) in [5, 5.41) is 8.46. The van der Waals surface area contributed by atoms with Gasteiger partial charge in [-0.2, -0.15) is 10.2 Å². The first kappa shape index (κ1) is 18.1. The number of hydrogen-bond acceptors (Lipinski definition) is 5. The summed E-state index contributed by atoms with van der Waals surface area (Å²) in [5.74, 6) is 0.509. The van der Waals surface area contributed by atoms with Crippen LogP contribution in [-0.2, 0) is 14.1 Å². The summed E-state index contributed by atoms with van der Waals surface area (Å²) in [4.78, 5) is 38.3. The summed E-state index contributed by atoms with van der Waals surface area (Å²) < 4.78 is 4.21. The molecule has 26 heavy (non-hydrogen) atoms. The zero-order chi connectivity index (χ0) is 19.0. The first-order valence-electron chi connectivity index (χ1n) is 8.78. The number of piperidine rings is 1. The third-order valence-corrected chi connectivity index (χ3v) is 4.75. The van der Waals surface area contributed by atoms with Crippen molar-refractivity contribution < 1.29 is 4.79 Å². The second-order valence-electron chi connectivity index (χ2n) is 7.00. The highest BCUT2D eigenvalue weighted by molar-refractivity contribution is 5.92. The Morgan fingerprint density at radius 3 is 2.54 bits per heavy atom. The smallest absolute Gasteiger partial charge is 0.337 e. The molecule has 1 fully saturated rings. The van der Waals surface area contributed by atoms with Crippen molar-refractivity contribution in [2.45, 2.75) is 38.6 Å². The molecule has 1 aliphatic rings. The highest BCUT2D eigenvalue weighted by Crippen LogP contribution is 2.27. The van der Waals surface area contributed by atoms with Crippen LogP contribution in [0, 0.1) is 0 Å². The zero-order valence-corrected chi connectivity index (χ0v) is 15.5. The molecular weight excluding hydrogens is 336 g/mol. The van der Waals surface area contributed by atoms with Crippen molar-refractivity contribution in [2.75, 3.05) is 13.1 Å². The van der Waals surface area contributed by atoms with Crippen LogP contribution >= 0.6 is 0 Å². The average Bonchev–Trinajstić information content (AvgIpc) is 2.92. The van der Waals surface area contributed by atoms with Crippen LogP contribution in [0.5, 0.6) is 0 Å². The van der Waals surface area contributed by atoms with Crippen LogP contribution < -0.4 is 11.2 Å². The van der Waals surface area contributed by atoms with E-state index in [0.29, 0.717) is 13.1 Å². The van der Waals surface area contributed by atoms with Gasteiger partial charge in [0.2, 0.25) is 0 Å². The lowest BCUT2D eigenvalue weighted by Crippen LogP contribution is -2.41. The molecule has 0 N–H and O–H groups in total. The van der Waals surface area contributed by atoms with E-state index in [-0.39, 0.29) is 34.8 Å². The summed E-state index contributed by atoms with van der Waals surface area (Å²) in [6, 6.07) is 2.80. The van der Waals surface area contributed by atoms with Gasteiger partial charge < -0.3 is 4.90 Å². The van der Waals surface area contributed by atoms with E-state index in [0.717, 1.165) is 23.3 Å². The fourth-order valence-electron chi connectivity index (χ4n) is 3.41. The van der Waals surface area contributed by atoms with Gasteiger partial charge in [-0.15, -0.1) is 0 Å². The first-order chi connectivity index (χ1) is 12.3. The maximum absolute atomic E-state index is 12.8. The van der Waals surface area contributed by atoms with E-state index in [9.17, 15) is 14.4 Å². The molecule has 1 atom stereocenters. The van der Waals surface area contributed by atoms with Crippen LogP contribution in [0.3, 0.4) is 0 Å². The van der Waals surface area contributed by atoms with Gasteiger partial charge in [-0.3, -0.25) is 14.2 Å². The second-order valence-corrected chi connectivity index (χ2v) is 7.00. The zero-order valence-electron chi connectivity index (χ0n) is 15.5. The lowest BCUT2D eigenvalue weighted by Gasteiger charge is -2.32. The normalized spacial score (nSPS) is 17.7. The van der Waals surface area contributed by atoms with Gasteiger partial charge in [-0.1, -0.05) is 0 Å². The van der Waals surface area contributed by atoms with Gasteiger partial charge in [0.05, 0.1) is 0 Å². The SMILES string of the molecule is CC(C)n1c(C2CCCN(C(=O)c3ccc(=O)n(C)n3)C2)nn(C)c1=O. The van der Waals surface area contributed by atoms with E-state index in [1.54, 1.807) is 16.5 Å². The molecule has 3 rings (SSSR count). The molecule has 9 heteroatoms. The third-order valence-electron chi connectivity index (χ3n) is 4.75. The minimum absolute atomic E-state index is 0.00240. The Morgan fingerprint density at radius 2 is 1.88 bits per heavy atom. The molecule has 3 heterocycles. The quantitative estimate of drug-likeness (QED) is 0.783. The van der Waals surface area contributed by atoms with Gasteiger partial charge in [0, 0.05) is 45.2 Å². The van der Waals surface area contributed by atoms with Crippen LogP contribution in [0.25, 0.3) is 0 Å². The number of carbonyl (C=O) groups is 1. The van der Waals surface area contributed by atoms with Gasteiger partial charge in [0.25, 0.3) is 11.5 Å². The van der Waals surface area contributed by atoms with Crippen molar-refractivity contribution in [1.82, 2.24) is 29.0 Å². The van der Waals surface area contributed by atoms with E-state index < -0.39 is 0 Å². The number of likely N-dealkylation sites (tertiary alicyclic amines) is 1. The first-order valence-corrected chi connectivity index (χ1v) is 8.78. The Balaban J connectivity index is 1.87. The number of nitrogens with zero attached hydrogens (tertiary/aromatic N) is 6. The van der Waals surface area contributed by atoms with Gasteiger partial charge in [0.15, 0.2) is 0 Å². The Bertz CT molecular complexity index is 939. The number of hydrogen-bond donors (Lipinski definition) is 0. The molecule has 0 spiro atoms. The number of amides is 1. The highest BCUT2D eigenvalue weighted by Gasteiger charge is 2.30. The van der Waals surface area contributed by atoms with Crippen molar-refractivity contribution in [3.8, 4) is 0 Å². The Labute approximate surface area is 150 Å². The van der Waals surface area contributed by atoms with Gasteiger partial charge >= 0.3 is 5.69 Å². The molecule has 1 amide bonds. The van der Waals surface area contributed by atoms with E-state index in [2.05, 4.69) is 10.2 Å². The van der Waals surface area contributed by atoms with Crippen molar-refractivity contribution in [2.24, 2.45) is 14.1 Å². The number of aromatic nitrogens is 5. The summed E-state index contributed by atoms with van der Waals surface area (Å²) in [5.41, 5.74) is -0.152. The summed E-state index contributed by atoms with van der Waals surface area (Å²) in [6.45, 7) is 5.00. The summed E-state index contributed by atoms with van der Waals surface area (Å²) in [7, 11) is 3.16. The van der Waals surface area contributed by atoms with Crippen molar-refractivity contribution >= 4 is 5.91 Å². The molecule has 1 unspecified atom stereocenters. The monoisotopic (exact) mass is 360 g/mol. The molecule has 1 saturated heterocycles. The van der Waals surface area contributed by atoms with E-state index in [1.165, 1.54) is 23.9 Å². The summed E-state index contributed by atoms with van der Waals surface area (Å²) >= 11 is 0. The Hall–Kier alpha value is -2.71. The second kappa shape index (κ2) is 6.89. The molecule has 0 aliphatic carbocycles. The lowest BCUT2D eigenvalue weighted by atomic mass is 9.96. The molecule has 1 aliphatic heterocycles. The maximum atomic E-state index is 12.8. The molecule has 2 aromatic rings. The molecule has 140 valence electrons. The molecular formula is C17H24N6O3. The fourth-order valence-corrected chi connectivity index (χ4v) is 3.41. The predicted octanol–water partition coefficient (Wildman–Crippen LogP) is 0.276. The van der Waals surface area contributed by atoms with Crippen molar-refractivity contribution in [3.05, 3.63) is 44.5 Å². The molecule has 2 aromatic heterocycles. The van der Waals surface area contributed by atoms with Crippen molar-refractivity contribution in [1.29, 1.82) is 0 Å². The average molecular weight is 360 g/mol. The molecule has 0 radical (unpaired) electrons. The number of rotatable bonds is 3. The van der Waals surface area contributed by atoms with E-state index in [1.807, 2.05) is 13.8 Å². The standard InChI is InChI=1S/C17H24N6O3/c1-11(2)23-15(19-21(4)17(23)26)12-6-5-9-22(10-12)16(25)13-7-8-14(24)20(3)18-13/h7-8,11-12H,5-6,9-10H2,1-4H3. The minimum atomic E-state index is -0.257. The van der Waals surface area contributed by atoms with Crippen LogP contribution in [0.15, 0.2) is 21.7 Å². The predicted molar refractivity (Wildman–Crippen MR) is 95.2 cm³/mol. The number of carbonyl (C=O) groups excluding carboxylic acids is 1. The highest BCUT2D eigenvalue weighted by atomic mass is 16.2. The van der Waals surface area contributed by atoms with Crippen LogP contribution in [0.4, 0.5) is 0 Å². The van der Waals surface area contributed by atoms with E-state index >= 15 is 0 Å². The van der Waals surface area contributed by atoms with Gasteiger partial charge in [-0.05, 0) is 32.8 Å². The van der Waals surface area contributed by atoms with Crippen LogP contribution in [0.2, 0.25) is 0 Å². The topological polar surface area (TPSA) is 95.0 Å².